The van der Waals surface area contributed by atoms with Crippen molar-refractivity contribution in [3.05, 3.63) is 39.1 Å². The first-order valence-corrected chi connectivity index (χ1v) is 7.02. The number of nitrogens with one attached hydrogen (secondary N) is 2. The van der Waals surface area contributed by atoms with E-state index in [0.717, 1.165) is 29.5 Å². The fourth-order valence-electron chi connectivity index (χ4n) is 2.34. The second kappa shape index (κ2) is 4.80. The fraction of sp³-hybridized carbons (Fsp3) is 0.417. The molecule has 5 heteroatoms. The van der Waals surface area contributed by atoms with Crippen LogP contribution >= 0.6 is 22.9 Å². The van der Waals surface area contributed by atoms with Crippen LogP contribution < -0.4 is 5.32 Å². The maximum Gasteiger partial charge on any atom is 0.107 e. The maximum atomic E-state index is 6.03. The Bertz CT molecular complexity index is 492. The van der Waals surface area contributed by atoms with E-state index >= 15 is 0 Å². The lowest BCUT2D eigenvalue weighted by Gasteiger charge is -2.11. The minimum absolute atomic E-state index is 0.476. The number of hydrogen-bond donors (Lipinski definition) is 2. The van der Waals surface area contributed by atoms with E-state index in [4.69, 9.17) is 11.6 Å². The number of hydrogen-bond acceptors (Lipinski definition) is 3. The molecule has 2 aromatic heterocycles. The van der Waals surface area contributed by atoms with Crippen molar-refractivity contribution < 1.29 is 0 Å². The van der Waals surface area contributed by atoms with Crippen molar-refractivity contribution >= 4 is 22.9 Å². The zero-order chi connectivity index (χ0) is 11.7. The van der Waals surface area contributed by atoms with E-state index in [2.05, 4.69) is 21.4 Å². The van der Waals surface area contributed by atoms with Crippen molar-refractivity contribution in [3.8, 4) is 0 Å². The molecule has 0 aromatic carbocycles. The predicted molar refractivity (Wildman–Crippen MR) is 70.7 cm³/mol. The number of H-pyrrole nitrogens is 1. The molecule has 0 radical (unpaired) electrons. The number of imidazole rings is 1. The van der Waals surface area contributed by atoms with Crippen LogP contribution in [0.3, 0.4) is 0 Å². The summed E-state index contributed by atoms with van der Waals surface area (Å²) in [5, 5.41) is 3.58. The molecule has 0 saturated carbocycles. The molecule has 3 rings (SSSR count). The summed E-state index contributed by atoms with van der Waals surface area (Å²) in [6.45, 7) is 0.949. The summed E-state index contributed by atoms with van der Waals surface area (Å²) in [7, 11) is 0. The van der Waals surface area contributed by atoms with Crippen molar-refractivity contribution in [2.45, 2.75) is 25.3 Å². The zero-order valence-electron chi connectivity index (χ0n) is 9.37. The molecular formula is C12H14ClN3S. The number of aryl methyl sites for hydroxylation is 1. The third-order valence-electron chi connectivity index (χ3n) is 3.15. The van der Waals surface area contributed by atoms with Gasteiger partial charge in [-0.15, -0.1) is 11.3 Å². The number of halogens is 1. The number of nitrogens with zero attached hydrogens (tertiary/aromatic N) is 1. The highest BCUT2D eigenvalue weighted by molar-refractivity contribution is 7.16. The van der Waals surface area contributed by atoms with Crippen molar-refractivity contribution in [1.82, 2.24) is 15.3 Å². The van der Waals surface area contributed by atoms with Crippen molar-refractivity contribution in [3.63, 3.8) is 0 Å². The molecule has 3 nitrogen and oxygen atoms in total. The summed E-state index contributed by atoms with van der Waals surface area (Å²) in [5.74, 6) is 1.04. The third kappa shape index (κ3) is 2.39. The Morgan fingerprint density at radius 1 is 1.59 bits per heavy atom. The van der Waals surface area contributed by atoms with E-state index in [1.807, 2.05) is 6.20 Å². The Morgan fingerprint density at radius 2 is 2.53 bits per heavy atom. The van der Waals surface area contributed by atoms with Gasteiger partial charge in [0, 0.05) is 36.3 Å². The zero-order valence-corrected chi connectivity index (χ0v) is 10.9. The van der Waals surface area contributed by atoms with Crippen LogP contribution in [0.5, 0.6) is 0 Å². The first kappa shape index (κ1) is 11.3. The van der Waals surface area contributed by atoms with Gasteiger partial charge in [-0.2, -0.15) is 0 Å². The highest BCUT2D eigenvalue weighted by Gasteiger charge is 2.24. The van der Waals surface area contributed by atoms with Gasteiger partial charge in [-0.1, -0.05) is 11.6 Å². The molecule has 0 fully saturated rings. The van der Waals surface area contributed by atoms with Crippen LogP contribution in [0.2, 0.25) is 4.34 Å². The molecule has 1 aliphatic carbocycles. The molecule has 90 valence electrons. The quantitative estimate of drug-likeness (QED) is 0.894. The van der Waals surface area contributed by atoms with Crippen LogP contribution in [0.4, 0.5) is 0 Å². The first-order valence-electron chi connectivity index (χ1n) is 5.82. The molecule has 2 N–H and O–H groups in total. The van der Waals surface area contributed by atoms with E-state index in [-0.39, 0.29) is 0 Å². The molecule has 0 spiro atoms. The normalized spacial score (nSPS) is 18.5. The van der Waals surface area contributed by atoms with Gasteiger partial charge >= 0.3 is 0 Å². The van der Waals surface area contributed by atoms with Crippen LogP contribution in [0, 0.1) is 0 Å². The summed E-state index contributed by atoms with van der Waals surface area (Å²) in [5.41, 5.74) is 1.40. The van der Waals surface area contributed by atoms with Gasteiger partial charge in [-0.25, -0.2) is 4.98 Å². The Morgan fingerprint density at radius 3 is 3.35 bits per heavy atom. The van der Waals surface area contributed by atoms with Gasteiger partial charge < -0.3 is 10.3 Å². The average Bonchev–Trinajstić information content (AvgIpc) is 2.97. The van der Waals surface area contributed by atoms with Gasteiger partial charge in [0.15, 0.2) is 0 Å². The molecule has 2 heterocycles. The SMILES string of the molecule is Clc1cc2c(s1)CCC2NCCc1ncc[nH]1. The van der Waals surface area contributed by atoms with E-state index in [0.29, 0.717) is 6.04 Å². The Hall–Kier alpha value is -0.840. The molecule has 17 heavy (non-hydrogen) atoms. The maximum absolute atomic E-state index is 6.03. The molecule has 0 bridgehead atoms. The van der Waals surface area contributed by atoms with Crippen molar-refractivity contribution in [1.29, 1.82) is 0 Å². The average molecular weight is 268 g/mol. The highest BCUT2D eigenvalue weighted by atomic mass is 35.5. The lowest BCUT2D eigenvalue weighted by Crippen LogP contribution is -2.22. The number of aromatic amines is 1. The summed E-state index contributed by atoms with van der Waals surface area (Å²) >= 11 is 7.75. The van der Waals surface area contributed by atoms with E-state index in [1.54, 1.807) is 17.5 Å². The van der Waals surface area contributed by atoms with Crippen LogP contribution in [0.1, 0.15) is 28.7 Å². The van der Waals surface area contributed by atoms with Gasteiger partial charge in [0.25, 0.3) is 0 Å². The molecule has 2 aromatic rings. The van der Waals surface area contributed by atoms with Crippen LogP contribution in [0.15, 0.2) is 18.5 Å². The van der Waals surface area contributed by atoms with Gasteiger partial charge in [0.05, 0.1) is 4.34 Å². The molecular weight excluding hydrogens is 254 g/mol. The lowest BCUT2D eigenvalue weighted by molar-refractivity contribution is 0.530. The number of thiophene rings is 1. The number of rotatable bonds is 4. The molecule has 1 atom stereocenters. The van der Waals surface area contributed by atoms with E-state index in [9.17, 15) is 0 Å². The summed E-state index contributed by atoms with van der Waals surface area (Å²) < 4.78 is 0.910. The molecule has 1 unspecified atom stereocenters. The topological polar surface area (TPSA) is 40.7 Å². The van der Waals surface area contributed by atoms with Crippen LogP contribution in [-0.2, 0) is 12.8 Å². The van der Waals surface area contributed by atoms with Crippen molar-refractivity contribution in [2.24, 2.45) is 0 Å². The Kier molecular flexibility index (Phi) is 3.18. The molecule has 0 aliphatic heterocycles. The summed E-state index contributed by atoms with van der Waals surface area (Å²) in [6.07, 6.45) is 6.95. The van der Waals surface area contributed by atoms with Gasteiger partial charge in [-0.3, -0.25) is 0 Å². The van der Waals surface area contributed by atoms with E-state index in [1.165, 1.54) is 16.9 Å². The van der Waals surface area contributed by atoms with Crippen molar-refractivity contribution in [2.75, 3.05) is 6.54 Å². The minimum Gasteiger partial charge on any atom is -0.349 e. The third-order valence-corrected chi connectivity index (χ3v) is 4.49. The minimum atomic E-state index is 0.476. The molecule has 0 saturated heterocycles. The monoisotopic (exact) mass is 267 g/mol. The highest BCUT2D eigenvalue weighted by Crippen LogP contribution is 2.39. The summed E-state index contributed by atoms with van der Waals surface area (Å²) in [6, 6.07) is 2.59. The van der Waals surface area contributed by atoms with Gasteiger partial charge in [-0.05, 0) is 24.5 Å². The second-order valence-electron chi connectivity index (χ2n) is 4.26. The van der Waals surface area contributed by atoms with E-state index < -0.39 is 0 Å². The standard InChI is InChI=1S/C12H14ClN3S/c13-11-7-8-9(1-2-10(8)17-11)14-4-3-12-15-5-6-16-12/h5-7,9,14H,1-4H2,(H,15,16). The number of fused-ring (bicyclic) bond motifs is 1. The predicted octanol–water partition coefficient (Wildman–Crippen LogP) is 2.94. The smallest absolute Gasteiger partial charge is 0.107 e. The molecule has 1 aliphatic rings. The Balaban J connectivity index is 1.56. The lowest BCUT2D eigenvalue weighted by atomic mass is 10.2. The first-order chi connectivity index (χ1) is 8.33. The van der Waals surface area contributed by atoms with Crippen LogP contribution in [0.25, 0.3) is 0 Å². The summed E-state index contributed by atoms with van der Waals surface area (Å²) in [4.78, 5) is 8.78. The van der Waals surface area contributed by atoms with Crippen LogP contribution in [-0.4, -0.2) is 16.5 Å². The van der Waals surface area contributed by atoms with Gasteiger partial charge in [0.2, 0.25) is 0 Å². The number of aromatic nitrogens is 2. The van der Waals surface area contributed by atoms with Gasteiger partial charge in [0.1, 0.15) is 5.82 Å². The molecule has 0 amide bonds. The fourth-order valence-corrected chi connectivity index (χ4v) is 3.70. The largest absolute Gasteiger partial charge is 0.349 e. The Labute approximate surface area is 109 Å². The second-order valence-corrected chi connectivity index (χ2v) is 6.03.